The fourth-order valence-electron chi connectivity index (χ4n) is 2.31. The number of nitrogens with zero attached hydrogens (tertiary/aromatic N) is 1. The fraction of sp³-hybridized carbons (Fsp3) is 0.188. The van der Waals surface area contributed by atoms with Crippen LogP contribution in [-0.4, -0.2) is 11.7 Å². The lowest BCUT2D eigenvalue weighted by molar-refractivity contribution is -0.115. The van der Waals surface area contributed by atoms with Crippen molar-refractivity contribution in [1.82, 2.24) is 0 Å². The third-order valence-electron chi connectivity index (χ3n) is 3.46. The Labute approximate surface area is 131 Å². The van der Waals surface area contributed by atoms with Crippen LogP contribution in [0.3, 0.4) is 0 Å². The van der Waals surface area contributed by atoms with Gasteiger partial charge in [0.05, 0.1) is 5.75 Å². The lowest BCUT2D eigenvalue weighted by Crippen LogP contribution is -2.27. The number of benzene rings is 2. The van der Waals surface area contributed by atoms with Crippen molar-refractivity contribution in [2.75, 3.05) is 10.7 Å². The van der Waals surface area contributed by atoms with Gasteiger partial charge >= 0.3 is 0 Å². The zero-order valence-electron chi connectivity index (χ0n) is 11.3. The highest BCUT2D eigenvalue weighted by atomic mass is 35.5. The Bertz CT molecular complexity index is 689. The van der Waals surface area contributed by atoms with Gasteiger partial charge in [-0.15, -0.1) is 11.8 Å². The number of carbonyl (C=O) groups is 1. The van der Waals surface area contributed by atoms with Crippen LogP contribution in [0, 0.1) is 12.7 Å². The molecule has 5 heteroatoms. The van der Waals surface area contributed by atoms with E-state index in [4.69, 9.17) is 11.6 Å². The molecule has 108 valence electrons. The molecule has 0 saturated carbocycles. The Morgan fingerprint density at radius 3 is 2.62 bits per heavy atom. The summed E-state index contributed by atoms with van der Waals surface area (Å²) < 4.78 is 13.1. The lowest BCUT2D eigenvalue weighted by Gasteiger charge is -2.24. The SMILES string of the molecule is Cc1ccc(N2C(=O)CS[C@@H]2c2ccc(F)cc2)cc1Cl. The van der Waals surface area contributed by atoms with Gasteiger partial charge in [-0.3, -0.25) is 9.69 Å². The van der Waals surface area contributed by atoms with Crippen molar-refractivity contribution in [1.29, 1.82) is 0 Å². The number of carbonyl (C=O) groups excluding carboxylic acids is 1. The van der Waals surface area contributed by atoms with Crippen molar-refractivity contribution in [2.45, 2.75) is 12.3 Å². The van der Waals surface area contributed by atoms with E-state index in [1.807, 2.05) is 19.1 Å². The van der Waals surface area contributed by atoms with E-state index in [0.29, 0.717) is 10.8 Å². The van der Waals surface area contributed by atoms with Crippen LogP contribution in [0.15, 0.2) is 42.5 Å². The number of aryl methyl sites for hydroxylation is 1. The largest absolute Gasteiger partial charge is 0.295 e. The monoisotopic (exact) mass is 321 g/mol. The molecule has 2 nitrogen and oxygen atoms in total. The fourth-order valence-corrected chi connectivity index (χ4v) is 3.66. The number of anilines is 1. The molecule has 3 rings (SSSR count). The smallest absolute Gasteiger partial charge is 0.238 e. The Morgan fingerprint density at radius 2 is 1.95 bits per heavy atom. The van der Waals surface area contributed by atoms with Crippen LogP contribution >= 0.6 is 23.4 Å². The summed E-state index contributed by atoms with van der Waals surface area (Å²) in [6.07, 6.45) is 0. The molecule has 1 aliphatic heterocycles. The number of amides is 1. The molecule has 1 amide bonds. The van der Waals surface area contributed by atoms with Gasteiger partial charge in [-0.05, 0) is 42.3 Å². The normalized spacial score (nSPS) is 18.3. The van der Waals surface area contributed by atoms with E-state index in [0.717, 1.165) is 16.8 Å². The van der Waals surface area contributed by atoms with Crippen LogP contribution in [0.4, 0.5) is 10.1 Å². The first-order chi connectivity index (χ1) is 10.1. The predicted octanol–water partition coefficient (Wildman–Crippen LogP) is 4.57. The molecule has 21 heavy (non-hydrogen) atoms. The van der Waals surface area contributed by atoms with E-state index in [1.165, 1.54) is 23.9 Å². The van der Waals surface area contributed by atoms with Crippen LogP contribution in [-0.2, 0) is 4.79 Å². The highest BCUT2D eigenvalue weighted by Crippen LogP contribution is 2.42. The van der Waals surface area contributed by atoms with E-state index >= 15 is 0 Å². The third-order valence-corrected chi connectivity index (χ3v) is 5.08. The molecule has 1 heterocycles. The topological polar surface area (TPSA) is 20.3 Å². The maximum atomic E-state index is 13.1. The minimum atomic E-state index is -0.280. The summed E-state index contributed by atoms with van der Waals surface area (Å²) in [6.45, 7) is 1.92. The number of hydrogen-bond donors (Lipinski definition) is 0. The molecule has 0 unspecified atom stereocenters. The molecule has 1 fully saturated rings. The van der Waals surface area contributed by atoms with Crippen LogP contribution in [0.25, 0.3) is 0 Å². The highest BCUT2D eigenvalue weighted by molar-refractivity contribution is 8.00. The minimum Gasteiger partial charge on any atom is -0.295 e. The van der Waals surface area contributed by atoms with Crippen LogP contribution < -0.4 is 4.90 Å². The Kier molecular flexibility index (Phi) is 3.91. The summed E-state index contributed by atoms with van der Waals surface area (Å²) in [4.78, 5) is 13.9. The van der Waals surface area contributed by atoms with Gasteiger partial charge in [0.2, 0.25) is 5.91 Å². The molecule has 2 aromatic rings. The highest BCUT2D eigenvalue weighted by Gasteiger charge is 2.34. The maximum Gasteiger partial charge on any atom is 0.238 e. The molecule has 0 aliphatic carbocycles. The molecular formula is C16H13ClFNOS. The zero-order chi connectivity index (χ0) is 15.0. The van der Waals surface area contributed by atoms with Crippen molar-refractivity contribution in [3.8, 4) is 0 Å². The molecule has 0 spiro atoms. The summed E-state index contributed by atoms with van der Waals surface area (Å²) in [5, 5.41) is 0.493. The Morgan fingerprint density at radius 1 is 1.24 bits per heavy atom. The van der Waals surface area contributed by atoms with E-state index < -0.39 is 0 Å². The van der Waals surface area contributed by atoms with Gasteiger partial charge in [-0.25, -0.2) is 4.39 Å². The van der Waals surface area contributed by atoms with Gasteiger partial charge in [0.25, 0.3) is 0 Å². The molecule has 0 bridgehead atoms. The summed E-state index contributed by atoms with van der Waals surface area (Å²) in [5.41, 5.74) is 2.65. The van der Waals surface area contributed by atoms with E-state index in [1.54, 1.807) is 23.1 Å². The van der Waals surface area contributed by atoms with Crippen molar-refractivity contribution >= 4 is 35.0 Å². The van der Waals surface area contributed by atoms with Gasteiger partial charge < -0.3 is 0 Å². The lowest BCUT2D eigenvalue weighted by atomic mass is 10.1. The standard InChI is InChI=1S/C16H13ClFNOS/c1-10-2-7-13(8-14(10)17)19-15(20)9-21-16(19)11-3-5-12(18)6-4-11/h2-8,16H,9H2,1H3/t16-/m1/s1. The first kappa shape index (κ1) is 14.4. The average Bonchev–Trinajstić information content (AvgIpc) is 2.85. The van der Waals surface area contributed by atoms with E-state index in [-0.39, 0.29) is 17.1 Å². The van der Waals surface area contributed by atoms with Crippen molar-refractivity contribution in [3.63, 3.8) is 0 Å². The van der Waals surface area contributed by atoms with Gasteiger partial charge in [-0.1, -0.05) is 29.8 Å². The van der Waals surface area contributed by atoms with Gasteiger partial charge in [0.1, 0.15) is 11.2 Å². The molecular weight excluding hydrogens is 309 g/mol. The van der Waals surface area contributed by atoms with Crippen LogP contribution in [0.1, 0.15) is 16.5 Å². The molecule has 1 aliphatic rings. The summed E-state index contributed by atoms with van der Waals surface area (Å²) >= 11 is 7.69. The molecule has 0 N–H and O–H groups in total. The second-order valence-corrected chi connectivity index (χ2v) is 6.39. The molecule has 1 atom stereocenters. The van der Waals surface area contributed by atoms with Crippen LogP contribution in [0.2, 0.25) is 5.02 Å². The van der Waals surface area contributed by atoms with Gasteiger partial charge in [-0.2, -0.15) is 0 Å². The second kappa shape index (κ2) is 5.70. The predicted molar refractivity (Wildman–Crippen MR) is 85.3 cm³/mol. The van der Waals surface area contributed by atoms with Crippen molar-refractivity contribution < 1.29 is 9.18 Å². The van der Waals surface area contributed by atoms with Crippen molar-refractivity contribution in [3.05, 3.63) is 64.4 Å². The quantitative estimate of drug-likeness (QED) is 0.807. The zero-order valence-corrected chi connectivity index (χ0v) is 12.9. The second-order valence-electron chi connectivity index (χ2n) is 4.91. The summed E-state index contributed by atoms with van der Waals surface area (Å²) in [6, 6.07) is 11.9. The average molecular weight is 322 g/mol. The third kappa shape index (κ3) is 2.78. The molecule has 1 saturated heterocycles. The number of halogens is 2. The maximum absolute atomic E-state index is 13.1. The van der Waals surface area contributed by atoms with E-state index in [2.05, 4.69) is 0 Å². The molecule has 2 aromatic carbocycles. The number of hydrogen-bond acceptors (Lipinski definition) is 2. The van der Waals surface area contributed by atoms with Gasteiger partial charge in [0.15, 0.2) is 0 Å². The summed E-state index contributed by atoms with van der Waals surface area (Å²) in [5.74, 6) is 0.167. The number of rotatable bonds is 2. The van der Waals surface area contributed by atoms with Crippen LogP contribution in [0.5, 0.6) is 0 Å². The summed E-state index contributed by atoms with van der Waals surface area (Å²) in [7, 11) is 0. The Hall–Kier alpha value is -1.52. The minimum absolute atomic E-state index is 0.0363. The van der Waals surface area contributed by atoms with Gasteiger partial charge in [0, 0.05) is 10.7 Å². The number of thioether (sulfide) groups is 1. The first-order valence-corrected chi connectivity index (χ1v) is 7.94. The van der Waals surface area contributed by atoms with E-state index in [9.17, 15) is 9.18 Å². The van der Waals surface area contributed by atoms with Crippen molar-refractivity contribution in [2.24, 2.45) is 0 Å². The molecule has 0 aromatic heterocycles. The molecule has 0 radical (unpaired) electrons. The first-order valence-electron chi connectivity index (χ1n) is 6.51. The Balaban J connectivity index is 1.99.